The molecule has 4 rings (SSSR count). The van der Waals surface area contributed by atoms with Gasteiger partial charge in [0.05, 0.1) is 10.8 Å². The van der Waals surface area contributed by atoms with Crippen LogP contribution in [0.15, 0.2) is 0 Å². The van der Waals surface area contributed by atoms with Crippen molar-refractivity contribution in [1.29, 1.82) is 0 Å². The number of rotatable bonds is 9. The molecular weight excluding hydrogens is 642 g/mol. The van der Waals surface area contributed by atoms with E-state index in [1.54, 1.807) is 0 Å². The van der Waals surface area contributed by atoms with Crippen LogP contribution in [0, 0.1) is 16.7 Å². The lowest BCUT2D eigenvalue weighted by Gasteiger charge is -2.63. The fraction of sp³-hybridized carbons (Fsp3) is 0.875. The van der Waals surface area contributed by atoms with Crippen LogP contribution in [0.2, 0.25) is 0 Å². The van der Waals surface area contributed by atoms with Gasteiger partial charge in [-0.1, -0.05) is 13.8 Å². The van der Waals surface area contributed by atoms with Crippen molar-refractivity contribution in [1.82, 2.24) is 0 Å². The Bertz CT molecular complexity index is 1170. The maximum absolute atomic E-state index is 12.8. The zero-order valence-electron chi connectivity index (χ0n) is 28.7. The first kappa shape index (κ1) is 40.6. The monoisotopic (exact) mass is 690 g/mol. The van der Waals surface area contributed by atoms with E-state index in [1.807, 2.05) is 20.8 Å². The Balaban J connectivity index is 0.000000336. The predicted molar refractivity (Wildman–Crippen MR) is 154 cm³/mol. The normalized spacial score (nSPS) is 27.7. The minimum atomic E-state index is -6.06. The van der Waals surface area contributed by atoms with Crippen LogP contribution in [0.25, 0.3) is 0 Å². The highest BCUT2D eigenvalue weighted by molar-refractivity contribution is 5.77. The second kappa shape index (κ2) is 12.7. The molecule has 1 N–H and O–H groups in total. The molecule has 47 heavy (non-hydrogen) atoms. The second-order valence-electron chi connectivity index (χ2n) is 15.2. The van der Waals surface area contributed by atoms with E-state index < -0.39 is 57.2 Å². The second-order valence-corrected chi connectivity index (χ2v) is 15.2. The quantitative estimate of drug-likeness (QED) is 0.156. The Morgan fingerprint density at radius 2 is 0.957 bits per heavy atom. The van der Waals surface area contributed by atoms with Crippen LogP contribution in [0.5, 0.6) is 0 Å². The van der Waals surface area contributed by atoms with Crippen LogP contribution in [-0.4, -0.2) is 69.3 Å². The summed E-state index contributed by atoms with van der Waals surface area (Å²) < 4.78 is 98.6. The third kappa shape index (κ3) is 8.18. The number of hydrogen-bond donors (Lipinski definition) is 1. The van der Waals surface area contributed by atoms with E-state index in [-0.39, 0.29) is 30.2 Å². The third-order valence-corrected chi connectivity index (χ3v) is 9.86. The number of hydrogen-bond acceptors (Lipinski definition) is 9. The first-order valence-electron chi connectivity index (χ1n) is 15.6. The van der Waals surface area contributed by atoms with E-state index in [0.717, 1.165) is 19.3 Å². The number of halogens is 6. The summed E-state index contributed by atoms with van der Waals surface area (Å²) in [6.45, 7) is 13.4. The fourth-order valence-electron chi connectivity index (χ4n) is 7.04. The molecule has 0 spiro atoms. The molecule has 2 unspecified atom stereocenters. The zero-order valence-corrected chi connectivity index (χ0v) is 28.7. The van der Waals surface area contributed by atoms with Crippen molar-refractivity contribution in [2.75, 3.05) is 0 Å². The number of carbonyl (C=O) groups excluding carboxylic acids is 4. The molecule has 0 saturated heterocycles. The fourth-order valence-corrected chi connectivity index (χ4v) is 7.04. The molecule has 4 saturated carbocycles. The summed E-state index contributed by atoms with van der Waals surface area (Å²) >= 11 is 0. The van der Waals surface area contributed by atoms with Crippen molar-refractivity contribution in [3.8, 4) is 0 Å². The van der Waals surface area contributed by atoms with Crippen LogP contribution in [0.4, 0.5) is 26.3 Å². The van der Waals surface area contributed by atoms with Crippen molar-refractivity contribution >= 4 is 23.9 Å². The van der Waals surface area contributed by atoms with E-state index in [2.05, 4.69) is 4.74 Å². The number of carbonyl (C=O) groups is 4. The summed E-state index contributed by atoms with van der Waals surface area (Å²) in [6, 6.07) is 0. The summed E-state index contributed by atoms with van der Waals surface area (Å²) in [5.41, 5.74) is -12.4. The van der Waals surface area contributed by atoms with Crippen LogP contribution >= 0.6 is 0 Å². The van der Waals surface area contributed by atoms with Gasteiger partial charge in [-0.25, -0.2) is 0 Å². The highest BCUT2D eigenvalue weighted by Gasteiger charge is 2.79. The lowest BCUT2D eigenvalue weighted by molar-refractivity contribution is -0.408. The van der Waals surface area contributed by atoms with Crippen LogP contribution in [-0.2, 0) is 38.1 Å². The van der Waals surface area contributed by atoms with Gasteiger partial charge in [0, 0.05) is 33.1 Å². The van der Waals surface area contributed by atoms with E-state index in [0.29, 0.717) is 39.5 Å². The lowest BCUT2D eigenvalue weighted by Crippen LogP contribution is -2.70. The average molecular weight is 691 g/mol. The van der Waals surface area contributed by atoms with Gasteiger partial charge in [-0.3, -0.25) is 19.2 Å². The smallest absolute Gasteiger partial charge is 0.430 e. The van der Waals surface area contributed by atoms with Gasteiger partial charge in [-0.05, 0) is 79.6 Å². The molecule has 0 heterocycles. The number of esters is 4. The standard InChI is InChI=1S/C20H30O6.C12H18F6O3/c1-6-17(4,5)16(23)26-20-9-15-7-18(11-20,24-13(2)21)10-19(8-15,12-20)25-14(3)22;1-6-8(2,3)7(19)21-9(4,5)10(20,11(13,14)15)12(16,17)18/h15H,6-12H2,1-5H3;20H,6H2,1-5H3. The molecule has 2 atom stereocenters. The van der Waals surface area contributed by atoms with Gasteiger partial charge in [-0.15, -0.1) is 0 Å². The van der Waals surface area contributed by atoms with Gasteiger partial charge in [-0.2, -0.15) is 26.3 Å². The molecule has 0 aliphatic heterocycles. The minimum absolute atomic E-state index is 0.137. The van der Waals surface area contributed by atoms with Gasteiger partial charge in [0.1, 0.15) is 16.8 Å². The average Bonchev–Trinajstić information content (AvgIpc) is 2.84. The SMILES string of the molecule is CCC(C)(C)C(=O)OC(C)(C)C(O)(C(F)(F)F)C(F)(F)F.CCC(C)(C)C(=O)OC12CC3CC(OC(C)=O)(CC(OC(C)=O)(C3)C1)C2. The molecule has 272 valence electrons. The molecule has 4 bridgehead atoms. The molecule has 4 aliphatic rings. The first-order chi connectivity index (χ1) is 20.9. The Kier molecular flexibility index (Phi) is 11.0. The van der Waals surface area contributed by atoms with Gasteiger partial charge >= 0.3 is 36.2 Å². The number of ether oxygens (including phenoxy) is 4. The zero-order chi connectivity index (χ0) is 36.9. The largest absolute Gasteiger partial charge is 0.459 e. The first-order valence-corrected chi connectivity index (χ1v) is 15.6. The van der Waals surface area contributed by atoms with Crippen molar-refractivity contribution in [2.24, 2.45) is 16.7 Å². The van der Waals surface area contributed by atoms with E-state index in [1.165, 1.54) is 34.6 Å². The maximum Gasteiger partial charge on any atom is 0.430 e. The molecule has 0 radical (unpaired) electrons. The molecule has 0 aromatic rings. The summed E-state index contributed by atoms with van der Waals surface area (Å²) in [5.74, 6) is -1.98. The van der Waals surface area contributed by atoms with Crippen molar-refractivity contribution in [2.45, 2.75) is 161 Å². The molecule has 0 amide bonds. The van der Waals surface area contributed by atoms with E-state index >= 15 is 0 Å². The molecular formula is C32H48F6O9. The topological polar surface area (TPSA) is 125 Å². The molecule has 9 nitrogen and oxygen atoms in total. The Morgan fingerprint density at radius 3 is 1.26 bits per heavy atom. The Morgan fingerprint density at radius 1 is 0.638 bits per heavy atom. The van der Waals surface area contributed by atoms with Crippen molar-refractivity contribution in [3.05, 3.63) is 0 Å². The number of alkyl halides is 6. The maximum atomic E-state index is 12.8. The minimum Gasteiger partial charge on any atom is -0.459 e. The Labute approximate surface area is 271 Å². The van der Waals surface area contributed by atoms with E-state index in [4.69, 9.17) is 14.2 Å². The highest BCUT2D eigenvalue weighted by Crippen LogP contribution is 2.63. The summed E-state index contributed by atoms with van der Waals surface area (Å²) in [4.78, 5) is 48.0. The molecule has 15 heteroatoms. The Hall–Kier alpha value is -2.58. The van der Waals surface area contributed by atoms with Crippen molar-refractivity contribution in [3.63, 3.8) is 0 Å². The van der Waals surface area contributed by atoms with Crippen LogP contribution in [0.3, 0.4) is 0 Å². The van der Waals surface area contributed by atoms with Crippen LogP contribution < -0.4 is 0 Å². The summed E-state index contributed by atoms with van der Waals surface area (Å²) in [6.07, 6.45) is -7.62. The van der Waals surface area contributed by atoms with Gasteiger partial charge in [0.15, 0.2) is 5.60 Å². The van der Waals surface area contributed by atoms with Crippen LogP contribution in [0.1, 0.15) is 121 Å². The van der Waals surface area contributed by atoms with Gasteiger partial charge in [0.2, 0.25) is 0 Å². The van der Waals surface area contributed by atoms with E-state index in [9.17, 15) is 50.6 Å². The van der Waals surface area contributed by atoms with Crippen molar-refractivity contribution < 1.29 is 69.6 Å². The number of aliphatic hydroxyl groups is 1. The van der Waals surface area contributed by atoms with Gasteiger partial charge < -0.3 is 24.1 Å². The lowest BCUT2D eigenvalue weighted by atomic mass is 9.50. The summed E-state index contributed by atoms with van der Waals surface area (Å²) in [5, 5.41) is 9.27. The molecule has 4 aliphatic carbocycles. The van der Waals surface area contributed by atoms with Gasteiger partial charge in [0.25, 0.3) is 5.60 Å². The summed E-state index contributed by atoms with van der Waals surface area (Å²) in [7, 11) is 0. The highest BCUT2D eigenvalue weighted by atomic mass is 19.4. The molecule has 0 aromatic heterocycles. The third-order valence-electron chi connectivity index (χ3n) is 9.86. The molecule has 4 fully saturated rings. The molecule has 0 aromatic carbocycles. The predicted octanol–water partition coefficient (Wildman–Crippen LogP) is 6.91.